The van der Waals surface area contributed by atoms with Gasteiger partial charge in [-0.3, -0.25) is 0 Å². The summed E-state index contributed by atoms with van der Waals surface area (Å²) in [7, 11) is 0. The predicted octanol–water partition coefficient (Wildman–Crippen LogP) is 3.56. The van der Waals surface area contributed by atoms with Crippen molar-refractivity contribution >= 4 is 11.9 Å². The molecule has 0 N–H and O–H groups in total. The lowest BCUT2D eigenvalue weighted by molar-refractivity contribution is -0.432. The first-order valence-corrected chi connectivity index (χ1v) is 5.35. The van der Waals surface area contributed by atoms with Crippen molar-refractivity contribution in [1.29, 1.82) is 0 Å². The fraction of sp³-hybridized carbons (Fsp3) is 0.462. The van der Waals surface area contributed by atoms with Crippen LogP contribution in [0, 0.1) is 0 Å². The minimum atomic E-state index is 0.584. The molecule has 0 atom stereocenters. The van der Waals surface area contributed by atoms with Crippen LogP contribution in [0.1, 0.15) is 39.2 Å². The van der Waals surface area contributed by atoms with Crippen LogP contribution in [0.15, 0.2) is 24.3 Å². The summed E-state index contributed by atoms with van der Waals surface area (Å²) >= 11 is 0. The van der Waals surface area contributed by atoms with Crippen molar-refractivity contribution in [1.82, 2.24) is 0 Å². The van der Waals surface area contributed by atoms with Crippen LogP contribution < -0.4 is 0 Å². The van der Waals surface area contributed by atoms with E-state index in [4.69, 9.17) is 0 Å². The summed E-state index contributed by atoms with van der Waals surface area (Å²) in [5.74, 6) is 0.584. The Labute approximate surface area is 87.1 Å². The topological polar surface area (TPSA) is 3.01 Å². The van der Waals surface area contributed by atoms with Gasteiger partial charge in [-0.25, -0.2) is 4.58 Å². The van der Waals surface area contributed by atoms with Gasteiger partial charge in [0, 0.05) is 18.6 Å². The highest BCUT2D eigenvalue weighted by molar-refractivity contribution is 5.52. The maximum Gasteiger partial charge on any atom is 0.208 e. The van der Waals surface area contributed by atoms with Gasteiger partial charge in [0.25, 0.3) is 0 Å². The monoisotopic (exact) mass is 190 g/mol. The summed E-state index contributed by atoms with van der Waals surface area (Å²) in [5.41, 5.74) is 2.76. The lowest BCUT2D eigenvalue weighted by Crippen LogP contribution is -2.07. The molecule has 0 saturated carbocycles. The molecule has 0 aromatic heterocycles. The SMILES string of the molecule is CC=[N+](CC)c1ccccc1C(C)C. The Hall–Kier alpha value is -1.11. The summed E-state index contributed by atoms with van der Waals surface area (Å²) < 4.78 is 2.29. The van der Waals surface area contributed by atoms with E-state index in [0.717, 1.165) is 6.54 Å². The molecule has 1 rings (SSSR count). The second-order valence-corrected chi connectivity index (χ2v) is 3.76. The number of nitrogens with zero attached hydrogens (tertiary/aromatic N) is 1. The van der Waals surface area contributed by atoms with Crippen molar-refractivity contribution in [3.8, 4) is 0 Å². The van der Waals surface area contributed by atoms with Crippen molar-refractivity contribution < 1.29 is 4.58 Å². The molecule has 0 aliphatic heterocycles. The van der Waals surface area contributed by atoms with E-state index in [1.54, 1.807) is 0 Å². The third-order valence-electron chi connectivity index (χ3n) is 2.52. The normalized spacial score (nSPS) is 12.2. The largest absolute Gasteiger partial charge is 0.208 e. The van der Waals surface area contributed by atoms with Crippen molar-refractivity contribution in [2.75, 3.05) is 6.54 Å². The zero-order chi connectivity index (χ0) is 10.6. The smallest absolute Gasteiger partial charge is 0.203 e. The summed E-state index contributed by atoms with van der Waals surface area (Å²) in [6.45, 7) is 9.77. The highest BCUT2D eigenvalue weighted by atomic mass is 15.0. The second kappa shape index (κ2) is 4.94. The number of para-hydroxylation sites is 1. The van der Waals surface area contributed by atoms with Crippen LogP contribution in [0.4, 0.5) is 5.69 Å². The van der Waals surface area contributed by atoms with Gasteiger partial charge >= 0.3 is 0 Å². The van der Waals surface area contributed by atoms with Gasteiger partial charge < -0.3 is 0 Å². The molecular weight excluding hydrogens is 170 g/mol. The van der Waals surface area contributed by atoms with Crippen molar-refractivity contribution in [2.24, 2.45) is 0 Å². The van der Waals surface area contributed by atoms with Crippen molar-refractivity contribution in [2.45, 2.75) is 33.6 Å². The Bertz CT molecular complexity index is 324. The zero-order valence-electron chi connectivity index (χ0n) is 9.62. The molecule has 1 heteroatoms. The lowest BCUT2D eigenvalue weighted by atomic mass is 10.0. The van der Waals surface area contributed by atoms with Crippen LogP contribution in [-0.4, -0.2) is 17.3 Å². The first-order valence-electron chi connectivity index (χ1n) is 5.35. The van der Waals surface area contributed by atoms with Gasteiger partial charge in [0.15, 0.2) is 0 Å². The number of rotatable bonds is 3. The fourth-order valence-electron chi connectivity index (χ4n) is 1.73. The third kappa shape index (κ3) is 2.22. The zero-order valence-corrected chi connectivity index (χ0v) is 9.62. The molecule has 0 saturated heterocycles. The molecule has 0 bridgehead atoms. The van der Waals surface area contributed by atoms with E-state index in [1.165, 1.54) is 11.3 Å². The van der Waals surface area contributed by atoms with E-state index in [9.17, 15) is 0 Å². The molecule has 0 radical (unpaired) electrons. The van der Waals surface area contributed by atoms with Crippen LogP contribution in [0.5, 0.6) is 0 Å². The van der Waals surface area contributed by atoms with Crippen LogP contribution in [-0.2, 0) is 0 Å². The molecule has 0 amide bonds. The van der Waals surface area contributed by atoms with Crippen LogP contribution in [0.3, 0.4) is 0 Å². The van der Waals surface area contributed by atoms with Gasteiger partial charge in [-0.1, -0.05) is 32.0 Å². The van der Waals surface area contributed by atoms with Gasteiger partial charge in [-0.05, 0) is 12.8 Å². The first kappa shape index (κ1) is 11.0. The van der Waals surface area contributed by atoms with Gasteiger partial charge in [-0.15, -0.1) is 0 Å². The van der Waals surface area contributed by atoms with E-state index in [2.05, 4.69) is 62.8 Å². The van der Waals surface area contributed by atoms with Crippen LogP contribution in [0.25, 0.3) is 0 Å². The van der Waals surface area contributed by atoms with E-state index in [-0.39, 0.29) is 0 Å². The molecular formula is C13H20N+. The van der Waals surface area contributed by atoms with E-state index < -0.39 is 0 Å². The summed E-state index contributed by atoms with van der Waals surface area (Å²) in [6, 6.07) is 8.63. The molecule has 0 spiro atoms. The molecule has 0 aliphatic carbocycles. The van der Waals surface area contributed by atoms with Gasteiger partial charge in [0.05, 0.1) is 0 Å². The minimum absolute atomic E-state index is 0.584. The molecule has 76 valence electrons. The molecule has 1 aromatic carbocycles. The molecule has 0 heterocycles. The standard InChI is InChI=1S/C13H20N/c1-5-14(6-2)13-10-8-7-9-12(13)11(3)4/h5,7-11H,6H2,1-4H3/q+1. The summed E-state index contributed by atoms with van der Waals surface area (Å²) in [6.07, 6.45) is 2.14. The molecule has 1 aromatic rings. The molecule has 0 fully saturated rings. The molecule has 0 unspecified atom stereocenters. The predicted molar refractivity (Wildman–Crippen MR) is 62.7 cm³/mol. The number of benzene rings is 1. The minimum Gasteiger partial charge on any atom is -0.203 e. The van der Waals surface area contributed by atoms with Crippen LogP contribution >= 0.6 is 0 Å². The second-order valence-electron chi connectivity index (χ2n) is 3.76. The fourth-order valence-corrected chi connectivity index (χ4v) is 1.73. The van der Waals surface area contributed by atoms with E-state index in [0.29, 0.717) is 5.92 Å². The average molecular weight is 190 g/mol. The summed E-state index contributed by atoms with van der Waals surface area (Å²) in [4.78, 5) is 0. The number of hydrogen-bond donors (Lipinski definition) is 0. The summed E-state index contributed by atoms with van der Waals surface area (Å²) in [5, 5.41) is 0. The van der Waals surface area contributed by atoms with E-state index in [1.807, 2.05) is 0 Å². The highest BCUT2D eigenvalue weighted by Crippen LogP contribution is 2.25. The Morgan fingerprint density at radius 3 is 2.43 bits per heavy atom. The average Bonchev–Trinajstić information content (AvgIpc) is 2.20. The number of hydrogen-bond acceptors (Lipinski definition) is 0. The maximum absolute atomic E-state index is 2.29. The van der Waals surface area contributed by atoms with Crippen LogP contribution in [0.2, 0.25) is 0 Å². The Kier molecular flexibility index (Phi) is 3.87. The highest BCUT2D eigenvalue weighted by Gasteiger charge is 2.13. The lowest BCUT2D eigenvalue weighted by Gasteiger charge is -2.09. The molecule has 1 nitrogen and oxygen atoms in total. The van der Waals surface area contributed by atoms with Gasteiger partial charge in [0.1, 0.15) is 12.8 Å². The van der Waals surface area contributed by atoms with Crippen molar-refractivity contribution in [3.05, 3.63) is 29.8 Å². The Balaban J connectivity index is 3.19. The van der Waals surface area contributed by atoms with Gasteiger partial charge in [0.2, 0.25) is 5.69 Å². The van der Waals surface area contributed by atoms with Crippen molar-refractivity contribution in [3.63, 3.8) is 0 Å². The van der Waals surface area contributed by atoms with E-state index >= 15 is 0 Å². The van der Waals surface area contributed by atoms with Gasteiger partial charge in [-0.2, -0.15) is 0 Å². The Morgan fingerprint density at radius 2 is 1.93 bits per heavy atom. The molecule has 0 aliphatic rings. The Morgan fingerprint density at radius 1 is 1.29 bits per heavy atom. The first-order chi connectivity index (χ1) is 6.70. The quantitative estimate of drug-likeness (QED) is 0.506. The molecule has 14 heavy (non-hydrogen) atoms. The maximum atomic E-state index is 2.29. The third-order valence-corrected chi connectivity index (χ3v) is 2.52.